The standard InChI is InChI=1S/C16H17ClN2O3S/c1-18(14-8-4-3-5-9-14)16(20)12-19(23(2,21)22)15-10-6-7-13(17)11-15/h3-11H,12H2,1-2H3. The largest absolute Gasteiger partial charge is 0.314 e. The lowest BCUT2D eigenvalue weighted by molar-refractivity contribution is -0.116. The lowest BCUT2D eigenvalue weighted by Crippen LogP contribution is -2.41. The smallest absolute Gasteiger partial charge is 0.247 e. The van der Waals surface area contributed by atoms with E-state index in [1.807, 2.05) is 18.2 Å². The Morgan fingerprint density at radius 3 is 2.22 bits per heavy atom. The summed E-state index contributed by atoms with van der Waals surface area (Å²) in [6, 6.07) is 15.4. The number of carbonyl (C=O) groups is 1. The summed E-state index contributed by atoms with van der Waals surface area (Å²) in [5, 5.41) is 0.403. The van der Waals surface area contributed by atoms with Crippen molar-refractivity contribution in [2.24, 2.45) is 0 Å². The van der Waals surface area contributed by atoms with Crippen molar-refractivity contribution in [1.29, 1.82) is 0 Å². The summed E-state index contributed by atoms with van der Waals surface area (Å²) in [4.78, 5) is 13.9. The van der Waals surface area contributed by atoms with E-state index in [4.69, 9.17) is 11.6 Å². The van der Waals surface area contributed by atoms with E-state index < -0.39 is 10.0 Å². The zero-order valence-electron chi connectivity index (χ0n) is 12.8. The van der Waals surface area contributed by atoms with E-state index in [1.54, 1.807) is 37.4 Å². The minimum absolute atomic E-state index is 0.301. The van der Waals surface area contributed by atoms with Crippen LogP contribution in [0.4, 0.5) is 11.4 Å². The Morgan fingerprint density at radius 1 is 1.04 bits per heavy atom. The van der Waals surface area contributed by atoms with Crippen LogP contribution in [0.15, 0.2) is 54.6 Å². The van der Waals surface area contributed by atoms with E-state index >= 15 is 0 Å². The van der Waals surface area contributed by atoms with Crippen LogP contribution in [0.5, 0.6) is 0 Å². The third-order valence-electron chi connectivity index (χ3n) is 3.29. The number of likely N-dealkylation sites (N-methyl/N-ethyl adjacent to an activating group) is 1. The van der Waals surface area contributed by atoms with Crippen molar-refractivity contribution < 1.29 is 13.2 Å². The molecule has 0 saturated heterocycles. The maximum absolute atomic E-state index is 12.4. The number of para-hydroxylation sites is 1. The molecule has 1 amide bonds. The molecule has 7 heteroatoms. The highest BCUT2D eigenvalue weighted by molar-refractivity contribution is 7.92. The minimum atomic E-state index is -3.62. The number of sulfonamides is 1. The number of anilines is 2. The predicted octanol–water partition coefficient (Wildman–Crippen LogP) is 2.77. The zero-order valence-corrected chi connectivity index (χ0v) is 14.4. The van der Waals surface area contributed by atoms with Crippen LogP contribution >= 0.6 is 11.6 Å². The molecule has 0 aliphatic rings. The molecule has 0 aromatic heterocycles. The van der Waals surface area contributed by atoms with Gasteiger partial charge < -0.3 is 4.90 Å². The molecule has 0 unspecified atom stereocenters. The second kappa shape index (κ2) is 7.02. The van der Waals surface area contributed by atoms with Gasteiger partial charge in [-0.3, -0.25) is 9.10 Å². The Balaban J connectivity index is 2.27. The van der Waals surface area contributed by atoms with E-state index in [2.05, 4.69) is 0 Å². The Kier molecular flexibility index (Phi) is 5.28. The molecule has 0 aliphatic heterocycles. The van der Waals surface area contributed by atoms with Crippen molar-refractivity contribution in [2.75, 3.05) is 29.1 Å². The van der Waals surface area contributed by atoms with Gasteiger partial charge >= 0.3 is 0 Å². The molecule has 2 aromatic carbocycles. The average Bonchev–Trinajstić information content (AvgIpc) is 2.51. The van der Waals surface area contributed by atoms with Gasteiger partial charge in [0.2, 0.25) is 15.9 Å². The molecule has 0 heterocycles. The van der Waals surface area contributed by atoms with Gasteiger partial charge in [-0.15, -0.1) is 0 Å². The highest BCUT2D eigenvalue weighted by Gasteiger charge is 2.23. The summed E-state index contributed by atoms with van der Waals surface area (Å²) >= 11 is 5.92. The zero-order chi connectivity index (χ0) is 17.0. The summed E-state index contributed by atoms with van der Waals surface area (Å²) in [6.07, 6.45) is 1.06. The molecule has 0 N–H and O–H groups in total. The van der Waals surface area contributed by atoms with Gasteiger partial charge in [0.25, 0.3) is 0 Å². The molecule has 0 aliphatic carbocycles. The van der Waals surface area contributed by atoms with Crippen molar-refractivity contribution in [3.8, 4) is 0 Å². The van der Waals surface area contributed by atoms with Crippen LogP contribution in [0, 0.1) is 0 Å². The van der Waals surface area contributed by atoms with Gasteiger partial charge in [-0.2, -0.15) is 0 Å². The molecule has 0 bridgehead atoms. The Bertz CT molecular complexity index is 794. The molecule has 5 nitrogen and oxygen atoms in total. The third kappa shape index (κ3) is 4.46. The van der Waals surface area contributed by atoms with Gasteiger partial charge in [0.15, 0.2) is 0 Å². The van der Waals surface area contributed by atoms with Crippen LogP contribution in [-0.2, 0) is 14.8 Å². The number of hydrogen-bond donors (Lipinski definition) is 0. The Labute approximate surface area is 141 Å². The normalized spacial score (nSPS) is 11.1. The maximum Gasteiger partial charge on any atom is 0.247 e. The van der Waals surface area contributed by atoms with E-state index in [9.17, 15) is 13.2 Å². The molecule has 0 atom stereocenters. The molecule has 0 radical (unpaired) electrons. The fourth-order valence-electron chi connectivity index (χ4n) is 2.06. The number of carbonyl (C=O) groups excluding carboxylic acids is 1. The predicted molar refractivity (Wildman–Crippen MR) is 93.5 cm³/mol. The first-order valence-corrected chi connectivity index (χ1v) is 9.06. The van der Waals surface area contributed by atoms with Gasteiger partial charge in [0.1, 0.15) is 6.54 Å². The van der Waals surface area contributed by atoms with Gasteiger partial charge in [0, 0.05) is 17.8 Å². The Hall–Kier alpha value is -2.05. The fraction of sp³-hybridized carbons (Fsp3) is 0.188. The second-order valence-electron chi connectivity index (χ2n) is 5.04. The SMILES string of the molecule is CN(C(=O)CN(c1cccc(Cl)c1)S(C)(=O)=O)c1ccccc1. The first-order chi connectivity index (χ1) is 10.8. The molecule has 122 valence electrons. The van der Waals surface area contributed by atoms with E-state index in [-0.39, 0.29) is 12.5 Å². The van der Waals surface area contributed by atoms with Crippen LogP contribution in [0.1, 0.15) is 0 Å². The molecule has 23 heavy (non-hydrogen) atoms. The topological polar surface area (TPSA) is 57.7 Å². The molecule has 0 fully saturated rings. The first-order valence-electron chi connectivity index (χ1n) is 6.84. The number of nitrogens with zero attached hydrogens (tertiary/aromatic N) is 2. The molecule has 2 aromatic rings. The molecule has 2 rings (SSSR count). The van der Waals surface area contributed by atoms with Crippen LogP contribution < -0.4 is 9.21 Å². The van der Waals surface area contributed by atoms with Crippen molar-refractivity contribution in [3.63, 3.8) is 0 Å². The summed E-state index contributed by atoms with van der Waals surface area (Å²) < 4.78 is 25.1. The van der Waals surface area contributed by atoms with Gasteiger partial charge in [-0.05, 0) is 30.3 Å². The van der Waals surface area contributed by atoms with Crippen molar-refractivity contribution >= 4 is 38.9 Å². The quantitative estimate of drug-likeness (QED) is 0.831. The first kappa shape index (κ1) is 17.3. The summed E-state index contributed by atoms with van der Waals surface area (Å²) in [5.41, 5.74) is 1.05. The van der Waals surface area contributed by atoms with Crippen LogP contribution in [-0.4, -0.2) is 34.2 Å². The second-order valence-corrected chi connectivity index (χ2v) is 7.38. The molecule has 0 saturated carbocycles. The van der Waals surface area contributed by atoms with E-state index in [0.29, 0.717) is 16.4 Å². The highest BCUT2D eigenvalue weighted by atomic mass is 35.5. The van der Waals surface area contributed by atoms with Crippen molar-refractivity contribution in [3.05, 3.63) is 59.6 Å². The third-order valence-corrected chi connectivity index (χ3v) is 4.67. The number of halogens is 1. The van der Waals surface area contributed by atoms with E-state index in [1.165, 1.54) is 11.0 Å². The number of benzene rings is 2. The lowest BCUT2D eigenvalue weighted by atomic mass is 10.3. The molecular weight excluding hydrogens is 336 g/mol. The summed E-state index contributed by atoms with van der Waals surface area (Å²) in [5.74, 6) is -0.346. The van der Waals surface area contributed by atoms with Crippen molar-refractivity contribution in [2.45, 2.75) is 0 Å². The van der Waals surface area contributed by atoms with Crippen LogP contribution in [0.3, 0.4) is 0 Å². The number of rotatable bonds is 5. The average molecular weight is 353 g/mol. The summed E-state index contributed by atoms with van der Waals surface area (Å²) in [6.45, 7) is -0.301. The van der Waals surface area contributed by atoms with Crippen LogP contribution in [0.25, 0.3) is 0 Å². The van der Waals surface area contributed by atoms with Crippen molar-refractivity contribution in [1.82, 2.24) is 0 Å². The molecular formula is C16H17ClN2O3S. The lowest BCUT2D eigenvalue weighted by Gasteiger charge is -2.25. The number of amides is 1. The van der Waals surface area contributed by atoms with Crippen LogP contribution in [0.2, 0.25) is 5.02 Å². The fourth-order valence-corrected chi connectivity index (χ4v) is 3.08. The monoisotopic (exact) mass is 352 g/mol. The number of hydrogen-bond acceptors (Lipinski definition) is 3. The van der Waals surface area contributed by atoms with Gasteiger partial charge in [0.05, 0.1) is 11.9 Å². The minimum Gasteiger partial charge on any atom is -0.314 e. The van der Waals surface area contributed by atoms with Gasteiger partial charge in [-0.25, -0.2) is 8.42 Å². The van der Waals surface area contributed by atoms with E-state index in [0.717, 1.165) is 10.6 Å². The van der Waals surface area contributed by atoms with Gasteiger partial charge in [-0.1, -0.05) is 35.9 Å². The molecule has 0 spiro atoms. The maximum atomic E-state index is 12.4. The summed E-state index contributed by atoms with van der Waals surface area (Å²) in [7, 11) is -2.01. The highest BCUT2D eigenvalue weighted by Crippen LogP contribution is 2.22. The Morgan fingerprint density at radius 2 is 1.65 bits per heavy atom.